The SMILES string of the molecule is C[C@@H]1CCCC[C@H](C)[C@@H]2CC[C@H]2CN2C[C@@]3(CCCc4cc(Cl)ccc43)COc3ccc(cc32)C(=O)NS1(=O)=O. The molecule has 1 amide bonds. The van der Waals surface area contributed by atoms with Crippen molar-refractivity contribution in [2.24, 2.45) is 17.8 Å². The average Bonchev–Trinajstić information content (AvgIpc) is 3.05. The van der Waals surface area contributed by atoms with E-state index in [-0.39, 0.29) is 5.41 Å². The molecule has 2 aliphatic heterocycles. The lowest BCUT2D eigenvalue weighted by Crippen LogP contribution is -2.49. The van der Waals surface area contributed by atoms with E-state index >= 15 is 0 Å². The lowest BCUT2D eigenvalue weighted by molar-refractivity contribution is 0.0981. The zero-order chi connectivity index (χ0) is 28.1. The molecule has 1 fully saturated rings. The van der Waals surface area contributed by atoms with Gasteiger partial charge in [0.05, 0.1) is 17.5 Å². The van der Waals surface area contributed by atoms with E-state index in [0.29, 0.717) is 36.3 Å². The van der Waals surface area contributed by atoms with Crippen LogP contribution in [0.3, 0.4) is 0 Å². The van der Waals surface area contributed by atoms with Gasteiger partial charge in [0, 0.05) is 29.1 Å². The summed E-state index contributed by atoms with van der Waals surface area (Å²) in [6, 6.07) is 11.7. The fourth-order valence-corrected chi connectivity index (χ4v) is 8.91. The van der Waals surface area contributed by atoms with E-state index in [2.05, 4.69) is 28.7 Å². The third-order valence-corrected chi connectivity index (χ3v) is 12.2. The Morgan fingerprint density at radius 1 is 1.02 bits per heavy atom. The maximum atomic E-state index is 13.2. The zero-order valence-electron chi connectivity index (χ0n) is 23.6. The molecule has 4 aliphatic rings. The van der Waals surface area contributed by atoms with Gasteiger partial charge in [-0.15, -0.1) is 0 Å². The summed E-state index contributed by atoms with van der Waals surface area (Å²) < 4.78 is 34.9. The van der Waals surface area contributed by atoms with Crippen LogP contribution in [0.15, 0.2) is 36.4 Å². The number of fused-ring (bicyclic) bond motifs is 4. The molecule has 2 aromatic rings. The van der Waals surface area contributed by atoms with E-state index < -0.39 is 21.2 Å². The summed E-state index contributed by atoms with van der Waals surface area (Å²) >= 11 is 6.40. The van der Waals surface area contributed by atoms with Gasteiger partial charge in [-0.1, -0.05) is 43.9 Å². The number of sulfonamides is 1. The smallest absolute Gasteiger partial charge is 0.264 e. The predicted molar refractivity (Wildman–Crippen MR) is 160 cm³/mol. The van der Waals surface area contributed by atoms with Crippen molar-refractivity contribution >= 4 is 33.2 Å². The molecule has 6 nitrogen and oxygen atoms in total. The highest BCUT2D eigenvalue weighted by Gasteiger charge is 2.44. The minimum atomic E-state index is -3.76. The number of nitrogens with zero attached hydrogens (tertiary/aromatic N) is 1. The summed E-state index contributed by atoms with van der Waals surface area (Å²) in [6.07, 6.45) is 9.14. The molecule has 2 aliphatic carbocycles. The largest absolute Gasteiger partial charge is 0.490 e. The van der Waals surface area contributed by atoms with Crippen LogP contribution in [-0.2, 0) is 21.9 Å². The van der Waals surface area contributed by atoms with Gasteiger partial charge in [-0.3, -0.25) is 4.79 Å². The molecule has 8 heteroatoms. The van der Waals surface area contributed by atoms with Crippen molar-refractivity contribution in [1.82, 2.24) is 4.72 Å². The number of amides is 1. The van der Waals surface area contributed by atoms with Crippen LogP contribution in [0.4, 0.5) is 5.69 Å². The summed E-state index contributed by atoms with van der Waals surface area (Å²) in [4.78, 5) is 15.7. The molecule has 0 aromatic heterocycles. The minimum Gasteiger partial charge on any atom is -0.490 e. The Bertz CT molecular complexity index is 1400. The normalized spacial score (nSPS) is 32.1. The second-order valence-electron chi connectivity index (χ2n) is 12.8. The summed E-state index contributed by atoms with van der Waals surface area (Å²) in [6.45, 7) is 6.35. The highest BCUT2D eigenvalue weighted by molar-refractivity contribution is 7.90. The number of benzene rings is 2. The number of ether oxygens (including phenoxy) is 1. The highest BCUT2D eigenvalue weighted by atomic mass is 35.5. The second-order valence-corrected chi connectivity index (χ2v) is 15.4. The molecule has 216 valence electrons. The number of carbonyl (C=O) groups excluding carboxylic acids is 1. The highest BCUT2D eigenvalue weighted by Crippen LogP contribution is 2.47. The molecular formula is C32H41ClN2O4S. The Balaban J connectivity index is 1.41. The van der Waals surface area contributed by atoms with Crippen molar-refractivity contribution in [3.63, 3.8) is 0 Å². The number of rotatable bonds is 0. The molecule has 0 unspecified atom stereocenters. The van der Waals surface area contributed by atoms with Crippen molar-refractivity contribution < 1.29 is 17.9 Å². The molecule has 2 bridgehead atoms. The number of anilines is 1. The van der Waals surface area contributed by atoms with E-state index in [1.807, 2.05) is 18.2 Å². The summed E-state index contributed by atoms with van der Waals surface area (Å²) in [5.74, 6) is 2.06. The lowest BCUT2D eigenvalue weighted by Gasteiger charge is -2.46. The van der Waals surface area contributed by atoms with Gasteiger partial charge < -0.3 is 9.64 Å². The first-order chi connectivity index (χ1) is 19.1. The van der Waals surface area contributed by atoms with Gasteiger partial charge in [0.2, 0.25) is 10.0 Å². The third kappa shape index (κ3) is 5.24. The number of carbonyl (C=O) groups is 1. The topological polar surface area (TPSA) is 75.7 Å². The average molecular weight is 585 g/mol. The number of aryl methyl sites for hydroxylation is 1. The molecule has 2 heterocycles. The maximum Gasteiger partial charge on any atom is 0.264 e. The standard InChI is InChI=1S/C32H41ClN2O4S/c1-21-6-3-4-7-22(2)40(37,38)34-31(36)24-10-14-30-29(17-24)35(18-25-9-12-27(21)25)19-32(20-39-30)15-5-8-23-16-26(33)11-13-28(23)32/h10-11,13-14,16-17,21-22,25,27H,3-9,12,15,18-20H2,1-2H3,(H,34,36)/t21-,22+,25-,27-,32-/m0/s1. The summed E-state index contributed by atoms with van der Waals surface area (Å²) in [5.41, 5.74) is 3.68. The first-order valence-electron chi connectivity index (χ1n) is 15.0. The van der Waals surface area contributed by atoms with Gasteiger partial charge in [-0.25, -0.2) is 13.1 Å². The van der Waals surface area contributed by atoms with Gasteiger partial charge in [0.1, 0.15) is 5.75 Å². The fraction of sp³-hybridized carbons (Fsp3) is 0.594. The molecule has 40 heavy (non-hydrogen) atoms. The Morgan fingerprint density at radius 3 is 2.65 bits per heavy atom. The molecule has 0 radical (unpaired) electrons. The molecule has 1 saturated carbocycles. The van der Waals surface area contributed by atoms with Crippen LogP contribution in [0, 0.1) is 17.8 Å². The van der Waals surface area contributed by atoms with Gasteiger partial charge in [0.15, 0.2) is 0 Å². The van der Waals surface area contributed by atoms with Crippen molar-refractivity contribution in [2.45, 2.75) is 82.3 Å². The van der Waals surface area contributed by atoms with E-state index in [0.717, 1.165) is 68.1 Å². The number of halogens is 1. The van der Waals surface area contributed by atoms with Crippen LogP contribution >= 0.6 is 11.6 Å². The van der Waals surface area contributed by atoms with Gasteiger partial charge in [-0.05, 0) is 105 Å². The van der Waals surface area contributed by atoms with Crippen molar-refractivity contribution in [2.75, 3.05) is 24.6 Å². The molecular weight excluding hydrogens is 544 g/mol. The van der Waals surface area contributed by atoms with Crippen LogP contribution in [0.5, 0.6) is 5.75 Å². The van der Waals surface area contributed by atoms with E-state index in [1.165, 1.54) is 24.0 Å². The van der Waals surface area contributed by atoms with Gasteiger partial charge in [-0.2, -0.15) is 0 Å². The number of hydrogen-bond acceptors (Lipinski definition) is 5. The lowest BCUT2D eigenvalue weighted by atomic mass is 9.65. The zero-order valence-corrected chi connectivity index (χ0v) is 25.2. The second kappa shape index (κ2) is 10.9. The van der Waals surface area contributed by atoms with Gasteiger partial charge in [0.25, 0.3) is 5.91 Å². The van der Waals surface area contributed by atoms with Crippen molar-refractivity contribution in [1.29, 1.82) is 0 Å². The molecule has 5 atom stereocenters. The molecule has 1 N–H and O–H groups in total. The van der Waals surface area contributed by atoms with Crippen LogP contribution in [0.1, 0.15) is 86.7 Å². The maximum absolute atomic E-state index is 13.2. The van der Waals surface area contributed by atoms with E-state index in [9.17, 15) is 13.2 Å². The molecule has 0 saturated heterocycles. The first kappa shape index (κ1) is 27.9. The first-order valence-corrected chi connectivity index (χ1v) is 16.9. The molecule has 6 rings (SSSR count). The van der Waals surface area contributed by atoms with E-state index in [1.54, 1.807) is 13.0 Å². The van der Waals surface area contributed by atoms with E-state index in [4.69, 9.17) is 16.3 Å². The van der Waals surface area contributed by atoms with Crippen LogP contribution < -0.4 is 14.4 Å². The van der Waals surface area contributed by atoms with Crippen molar-refractivity contribution in [3.05, 3.63) is 58.1 Å². The van der Waals surface area contributed by atoms with Crippen LogP contribution in [0.2, 0.25) is 5.02 Å². The summed E-state index contributed by atoms with van der Waals surface area (Å²) in [7, 11) is -3.76. The summed E-state index contributed by atoms with van der Waals surface area (Å²) in [5, 5.41) is 0.154. The number of hydrogen-bond donors (Lipinski definition) is 1. The Kier molecular flexibility index (Phi) is 7.58. The van der Waals surface area contributed by atoms with Crippen molar-refractivity contribution in [3.8, 4) is 5.75 Å². The molecule has 1 spiro atoms. The monoisotopic (exact) mass is 584 g/mol. The quantitative estimate of drug-likeness (QED) is 0.383. The van der Waals surface area contributed by atoms with Gasteiger partial charge >= 0.3 is 0 Å². The third-order valence-electron chi connectivity index (χ3n) is 10.2. The predicted octanol–water partition coefficient (Wildman–Crippen LogP) is 6.50. The Morgan fingerprint density at radius 2 is 1.85 bits per heavy atom. The number of nitrogens with one attached hydrogen (secondary N) is 1. The Hall–Kier alpha value is -2.25. The van der Waals surface area contributed by atoms with Crippen LogP contribution in [-0.4, -0.2) is 39.3 Å². The fourth-order valence-electron chi connectivity index (χ4n) is 7.67. The van der Waals surface area contributed by atoms with Crippen LogP contribution in [0.25, 0.3) is 0 Å². The minimum absolute atomic E-state index is 0.177. The Labute approximate surface area is 243 Å². The molecule has 2 aromatic carbocycles.